The van der Waals surface area contributed by atoms with Crippen molar-refractivity contribution in [3.05, 3.63) is 90.0 Å². The first-order valence-electron chi connectivity index (χ1n) is 16.9. The van der Waals surface area contributed by atoms with Crippen LogP contribution in [0.25, 0.3) is 0 Å². The average molecular weight is 719 g/mol. The number of urea groups is 1. The number of unbranched alkanes of at least 4 members (excludes halogenated alkanes) is 2. The summed E-state index contributed by atoms with van der Waals surface area (Å²) in [5.74, 6) is -1.36. The van der Waals surface area contributed by atoms with Crippen LogP contribution < -0.4 is 37.2 Å². The largest absolute Gasteiger partial charge is 0.480 e. The number of nitrogens with one attached hydrogen (secondary N) is 4. The number of carboxylic acid groups (broad SMARTS) is 1. The van der Waals surface area contributed by atoms with Gasteiger partial charge in [-0.15, -0.1) is 0 Å². The molecule has 2 aliphatic rings. The maximum Gasteiger partial charge on any atom is 0.338 e. The number of carbonyl (C=O) groups excluding carboxylic acids is 4. The number of carboxylic acids is 1. The van der Waals surface area contributed by atoms with E-state index in [1.54, 1.807) is 12.1 Å². The molecule has 2 fully saturated rings. The highest BCUT2D eigenvalue weighted by Gasteiger charge is 2.42. The third-order valence-electron chi connectivity index (χ3n) is 8.86. The third kappa shape index (κ3) is 9.63. The van der Waals surface area contributed by atoms with Crippen molar-refractivity contribution >= 4 is 65.4 Å². The zero-order chi connectivity index (χ0) is 35.5. The number of carbonyl (C=O) groups is 5. The Bertz CT molecular complexity index is 1620. The Labute approximate surface area is 297 Å². The number of rotatable bonds is 17. The number of benzene rings is 3. The number of thioether (sulfide) groups is 1. The summed E-state index contributed by atoms with van der Waals surface area (Å²) in [5, 5.41) is 24.3. The van der Waals surface area contributed by atoms with E-state index >= 15 is 0 Å². The Kier molecular flexibility index (Phi) is 13.3. The highest BCUT2D eigenvalue weighted by molar-refractivity contribution is 8.00. The second-order valence-electron chi connectivity index (χ2n) is 12.3. The summed E-state index contributed by atoms with van der Waals surface area (Å²) in [5.41, 5.74) is 0.573. The van der Waals surface area contributed by atoms with Gasteiger partial charge in [-0.3, -0.25) is 9.59 Å². The van der Waals surface area contributed by atoms with E-state index in [1.165, 1.54) is 13.2 Å². The first-order chi connectivity index (χ1) is 24.2. The lowest BCUT2D eigenvalue weighted by atomic mass is 10.0. The number of methoxy groups -OCH3 is 1. The van der Waals surface area contributed by atoms with Gasteiger partial charge in [0.05, 0.1) is 24.8 Å². The molecule has 1 unspecified atom stereocenters. The summed E-state index contributed by atoms with van der Waals surface area (Å²) in [6.07, 6.45) is 4.26. The van der Waals surface area contributed by atoms with E-state index in [9.17, 15) is 29.1 Å². The van der Waals surface area contributed by atoms with Gasteiger partial charge in [-0.1, -0.05) is 67.1 Å². The predicted molar refractivity (Wildman–Crippen MR) is 196 cm³/mol. The smallest absolute Gasteiger partial charge is 0.338 e. The van der Waals surface area contributed by atoms with Gasteiger partial charge in [0.1, 0.15) is 6.04 Å². The summed E-state index contributed by atoms with van der Waals surface area (Å²) in [4.78, 5) is 62.4. The Morgan fingerprint density at radius 2 is 1.64 bits per heavy atom. The molecule has 2 aliphatic heterocycles. The van der Waals surface area contributed by atoms with E-state index in [1.807, 2.05) is 72.4 Å². The van der Waals surface area contributed by atoms with Gasteiger partial charge in [-0.25, -0.2) is 14.4 Å². The van der Waals surface area contributed by atoms with E-state index in [0.717, 1.165) is 35.6 Å². The van der Waals surface area contributed by atoms with Gasteiger partial charge < -0.3 is 31.1 Å². The second-order valence-corrected chi connectivity index (χ2v) is 15.8. The summed E-state index contributed by atoms with van der Waals surface area (Å²) in [6, 6.07) is 23.3. The molecule has 0 bridgehead atoms. The molecule has 2 heterocycles. The van der Waals surface area contributed by atoms with Crippen molar-refractivity contribution in [2.24, 2.45) is 0 Å². The Hall–Kier alpha value is -4.41. The van der Waals surface area contributed by atoms with Crippen LogP contribution >= 0.6 is 19.7 Å². The monoisotopic (exact) mass is 718 g/mol. The summed E-state index contributed by atoms with van der Waals surface area (Å²) < 4.78 is 5.09. The normalized spacial score (nSPS) is 18.4. The first-order valence-corrected chi connectivity index (χ1v) is 19.3. The molecule has 13 heteroatoms. The Morgan fingerprint density at radius 1 is 0.940 bits per heavy atom. The first kappa shape index (κ1) is 36.9. The lowest BCUT2D eigenvalue weighted by Gasteiger charge is -2.22. The SMILES string of the molecule is COC(=O)c1ccc(C(=O)NC(CCCCNC(=O)CCCC[C@@H]2SC[C@@H]3NC(=O)N[C@@H]32)C(=O)O)cc1P(c1ccccc1)c1ccccc1. The molecule has 3 aromatic carbocycles. The topological polar surface area (TPSA) is 163 Å². The molecule has 0 aromatic heterocycles. The lowest BCUT2D eigenvalue weighted by molar-refractivity contribution is -0.139. The fourth-order valence-corrected chi connectivity index (χ4v) is 10.3. The number of hydrogen-bond donors (Lipinski definition) is 5. The second kappa shape index (κ2) is 18.0. The maximum absolute atomic E-state index is 13.5. The minimum atomic E-state index is -1.26. The molecule has 4 amide bonds. The van der Waals surface area contributed by atoms with Crippen LogP contribution in [-0.4, -0.2) is 77.7 Å². The summed E-state index contributed by atoms with van der Waals surface area (Å²) >= 11 is 1.86. The predicted octanol–water partition coefficient (Wildman–Crippen LogP) is 3.43. The number of aliphatic carboxylic acids is 1. The van der Waals surface area contributed by atoms with Crippen molar-refractivity contribution in [1.82, 2.24) is 21.3 Å². The molecule has 50 heavy (non-hydrogen) atoms. The molecule has 0 saturated carbocycles. The minimum Gasteiger partial charge on any atom is -0.480 e. The molecule has 2 saturated heterocycles. The Morgan fingerprint density at radius 3 is 2.30 bits per heavy atom. The zero-order valence-electron chi connectivity index (χ0n) is 27.9. The van der Waals surface area contributed by atoms with Crippen molar-refractivity contribution in [2.45, 2.75) is 68.3 Å². The van der Waals surface area contributed by atoms with Crippen LogP contribution in [0.2, 0.25) is 0 Å². The van der Waals surface area contributed by atoms with E-state index < -0.39 is 31.8 Å². The quantitative estimate of drug-likeness (QED) is 0.0614. The maximum atomic E-state index is 13.5. The van der Waals surface area contributed by atoms with E-state index in [-0.39, 0.29) is 36.0 Å². The molecule has 11 nitrogen and oxygen atoms in total. The Balaban J connectivity index is 1.13. The summed E-state index contributed by atoms with van der Waals surface area (Å²) in [6.45, 7) is 0.417. The van der Waals surface area contributed by atoms with E-state index in [4.69, 9.17) is 4.74 Å². The molecule has 0 radical (unpaired) electrons. The highest BCUT2D eigenvalue weighted by atomic mass is 32.2. The van der Waals surface area contributed by atoms with Crippen molar-refractivity contribution in [3.63, 3.8) is 0 Å². The number of hydrogen-bond acceptors (Lipinski definition) is 7. The molecule has 5 rings (SSSR count). The molecule has 0 aliphatic carbocycles. The van der Waals surface area contributed by atoms with Crippen molar-refractivity contribution in [3.8, 4) is 0 Å². The van der Waals surface area contributed by atoms with Gasteiger partial charge in [0.2, 0.25) is 5.91 Å². The van der Waals surface area contributed by atoms with Crippen LogP contribution in [0.5, 0.6) is 0 Å². The lowest BCUT2D eigenvalue weighted by Crippen LogP contribution is -2.41. The highest BCUT2D eigenvalue weighted by Crippen LogP contribution is 2.35. The van der Waals surface area contributed by atoms with Gasteiger partial charge in [0, 0.05) is 34.8 Å². The molecular formula is C37H43N4O7PS. The van der Waals surface area contributed by atoms with E-state index in [0.29, 0.717) is 41.9 Å². The number of esters is 1. The van der Waals surface area contributed by atoms with Crippen LogP contribution in [-0.2, 0) is 14.3 Å². The molecular weight excluding hydrogens is 675 g/mol. The fourth-order valence-electron chi connectivity index (χ4n) is 6.28. The van der Waals surface area contributed by atoms with Crippen LogP contribution in [0.15, 0.2) is 78.9 Å². The van der Waals surface area contributed by atoms with Crippen molar-refractivity contribution in [2.75, 3.05) is 19.4 Å². The molecule has 5 N–H and O–H groups in total. The summed E-state index contributed by atoms with van der Waals surface area (Å²) in [7, 11) is 0.0534. The fraction of sp³-hybridized carbons (Fsp3) is 0.378. The van der Waals surface area contributed by atoms with Crippen molar-refractivity contribution in [1.29, 1.82) is 0 Å². The van der Waals surface area contributed by atoms with Gasteiger partial charge in [-0.05, 0) is 68.8 Å². The zero-order valence-corrected chi connectivity index (χ0v) is 29.6. The molecule has 264 valence electrons. The van der Waals surface area contributed by atoms with Crippen LogP contribution in [0.3, 0.4) is 0 Å². The van der Waals surface area contributed by atoms with Gasteiger partial charge >= 0.3 is 18.0 Å². The van der Waals surface area contributed by atoms with Crippen molar-refractivity contribution < 1.29 is 33.8 Å². The van der Waals surface area contributed by atoms with Gasteiger partial charge in [0.15, 0.2) is 0 Å². The van der Waals surface area contributed by atoms with Crippen LogP contribution in [0.4, 0.5) is 4.79 Å². The molecule has 4 atom stereocenters. The third-order valence-corrected chi connectivity index (χ3v) is 12.9. The number of amides is 4. The number of ether oxygens (including phenoxy) is 1. The molecule has 0 spiro atoms. The van der Waals surface area contributed by atoms with Crippen LogP contribution in [0.1, 0.15) is 65.7 Å². The van der Waals surface area contributed by atoms with Crippen LogP contribution in [0, 0.1) is 0 Å². The molecule has 3 aromatic rings. The minimum absolute atomic E-state index is 0.0435. The average Bonchev–Trinajstić information content (AvgIpc) is 3.68. The van der Waals surface area contributed by atoms with E-state index in [2.05, 4.69) is 21.3 Å². The standard InChI is InChI=1S/C37H43N4O7PS/c1-48-36(46)27-20-19-24(22-30(27)49(25-12-4-2-5-13-25)26-14-6-3-7-15-26)34(43)39-28(35(44)45)16-10-11-21-38-32(42)18-9-8-17-31-33-29(23-50-31)40-37(47)41-33/h2-7,12-15,19-20,22,28-29,31,33H,8-11,16-18,21,23H2,1H3,(H,38,42)(H,39,43)(H,44,45)(H2,40,41,47)/t28?,29-,31-,33-/m0/s1. The van der Waals surface area contributed by atoms with Gasteiger partial charge in [-0.2, -0.15) is 11.8 Å². The number of fused-ring (bicyclic) bond motifs is 1. The van der Waals surface area contributed by atoms with Gasteiger partial charge in [0.25, 0.3) is 5.91 Å².